The lowest BCUT2D eigenvalue weighted by atomic mass is 10.1. The van der Waals surface area contributed by atoms with Crippen LogP contribution in [-0.4, -0.2) is 30.5 Å². The number of anilines is 1. The minimum absolute atomic E-state index is 0.000917. The first-order valence-corrected chi connectivity index (χ1v) is 11.6. The number of carbonyl (C=O) groups excluding carboxylic acids is 1. The molecule has 0 spiro atoms. The Labute approximate surface area is 205 Å². The second-order valence-electron chi connectivity index (χ2n) is 8.51. The molecule has 0 aliphatic heterocycles. The maximum Gasteiger partial charge on any atom is 0.417 e. The molecule has 0 bridgehead atoms. The van der Waals surface area contributed by atoms with Crippen LogP contribution in [0.25, 0.3) is 11.0 Å². The predicted molar refractivity (Wildman–Crippen MR) is 123 cm³/mol. The topological polar surface area (TPSA) is 77.6 Å². The van der Waals surface area contributed by atoms with Gasteiger partial charge in [-0.15, -0.1) is 0 Å². The molecular formula is C23H19BrF4N6O. The summed E-state index contributed by atoms with van der Waals surface area (Å²) in [6, 6.07) is 7.06. The Morgan fingerprint density at radius 3 is 2.57 bits per heavy atom. The van der Waals surface area contributed by atoms with Crippen molar-refractivity contribution in [2.75, 3.05) is 5.32 Å². The van der Waals surface area contributed by atoms with Crippen LogP contribution in [0.4, 0.5) is 23.4 Å². The number of halogens is 5. The van der Waals surface area contributed by atoms with E-state index in [0.717, 1.165) is 24.5 Å². The van der Waals surface area contributed by atoms with Gasteiger partial charge in [-0.05, 0) is 59.5 Å². The summed E-state index contributed by atoms with van der Waals surface area (Å²) in [7, 11) is 0. The molecule has 0 unspecified atom stereocenters. The molecule has 4 aromatic rings. The molecule has 0 radical (unpaired) electrons. The van der Waals surface area contributed by atoms with Crippen molar-refractivity contribution in [1.82, 2.24) is 24.5 Å². The van der Waals surface area contributed by atoms with E-state index < -0.39 is 17.6 Å². The zero-order chi connectivity index (χ0) is 24.9. The largest absolute Gasteiger partial charge is 0.417 e. The number of aromatic nitrogens is 5. The monoisotopic (exact) mass is 550 g/mol. The lowest BCUT2D eigenvalue weighted by Gasteiger charge is -2.11. The van der Waals surface area contributed by atoms with Crippen LogP contribution >= 0.6 is 15.9 Å². The number of carbonyl (C=O) groups is 1. The van der Waals surface area contributed by atoms with Gasteiger partial charge in [-0.25, -0.2) is 14.1 Å². The molecule has 1 aliphatic rings. The molecule has 1 fully saturated rings. The molecule has 1 aliphatic carbocycles. The number of aryl methyl sites for hydroxylation is 1. The van der Waals surface area contributed by atoms with Crippen molar-refractivity contribution in [3.8, 4) is 0 Å². The van der Waals surface area contributed by atoms with E-state index in [2.05, 4.69) is 36.4 Å². The van der Waals surface area contributed by atoms with Crippen molar-refractivity contribution in [2.24, 2.45) is 0 Å². The lowest BCUT2D eigenvalue weighted by Crippen LogP contribution is -2.20. The average Bonchev–Trinajstić information content (AvgIpc) is 3.52. The number of rotatable bonds is 6. The first-order chi connectivity index (χ1) is 16.6. The zero-order valence-electron chi connectivity index (χ0n) is 18.4. The molecule has 3 aromatic heterocycles. The van der Waals surface area contributed by atoms with Gasteiger partial charge in [0.2, 0.25) is 5.91 Å². The summed E-state index contributed by atoms with van der Waals surface area (Å²) in [5.41, 5.74) is 0.593. The quantitative estimate of drug-likeness (QED) is 0.325. The fourth-order valence-electron chi connectivity index (χ4n) is 3.94. The number of hydrogen-bond acceptors (Lipinski definition) is 4. The van der Waals surface area contributed by atoms with E-state index in [1.807, 2.05) is 0 Å². The van der Waals surface area contributed by atoms with E-state index in [1.54, 1.807) is 23.0 Å². The molecule has 35 heavy (non-hydrogen) atoms. The highest BCUT2D eigenvalue weighted by Gasteiger charge is 2.37. The maximum absolute atomic E-state index is 13.8. The lowest BCUT2D eigenvalue weighted by molar-refractivity contribution is -0.136. The van der Waals surface area contributed by atoms with Crippen LogP contribution in [0.15, 0.2) is 41.0 Å². The second-order valence-corrected chi connectivity index (χ2v) is 9.36. The molecule has 0 saturated heterocycles. The molecule has 1 amide bonds. The van der Waals surface area contributed by atoms with E-state index in [4.69, 9.17) is 0 Å². The van der Waals surface area contributed by atoms with Crippen molar-refractivity contribution in [2.45, 2.75) is 44.9 Å². The molecule has 5 rings (SSSR count). The van der Waals surface area contributed by atoms with Crippen LogP contribution in [0, 0.1) is 12.7 Å². The van der Waals surface area contributed by atoms with Crippen molar-refractivity contribution in [3.05, 3.63) is 69.3 Å². The summed E-state index contributed by atoms with van der Waals surface area (Å²) in [5, 5.41) is 11.1. The number of pyridine rings is 1. The maximum atomic E-state index is 13.8. The van der Waals surface area contributed by atoms with Gasteiger partial charge in [-0.1, -0.05) is 12.1 Å². The summed E-state index contributed by atoms with van der Waals surface area (Å²) in [6.45, 7) is 1.49. The van der Waals surface area contributed by atoms with Gasteiger partial charge in [-0.2, -0.15) is 23.4 Å². The standard InChI is InChI=1S/C23H19BrF4N6O/c1-12-20-16(23(26,27)28)8-18(14-4-5-14)29-22(20)34(31-12)11-19(35)30-21-17(24)10-33(32-21)9-13-2-6-15(25)7-3-13/h2-3,6-8,10,14H,4-5,9,11H2,1H3,(H,30,32,35). The second kappa shape index (κ2) is 8.74. The van der Waals surface area contributed by atoms with E-state index in [0.29, 0.717) is 16.7 Å². The van der Waals surface area contributed by atoms with Gasteiger partial charge in [0.1, 0.15) is 12.4 Å². The van der Waals surface area contributed by atoms with Gasteiger partial charge < -0.3 is 5.32 Å². The van der Waals surface area contributed by atoms with Crippen LogP contribution in [0.5, 0.6) is 0 Å². The Balaban J connectivity index is 1.38. The third-order valence-electron chi connectivity index (χ3n) is 5.72. The van der Waals surface area contributed by atoms with Gasteiger partial charge in [0.25, 0.3) is 0 Å². The normalized spacial score (nSPS) is 14.0. The molecule has 1 N–H and O–H groups in total. The van der Waals surface area contributed by atoms with Crippen LogP contribution in [0.2, 0.25) is 0 Å². The van der Waals surface area contributed by atoms with Gasteiger partial charge in [0.05, 0.1) is 27.7 Å². The molecule has 3 heterocycles. The molecular weight excluding hydrogens is 532 g/mol. The van der Waals surface area contributed by atoms with Crippen molar-refractivity contribution in [3.63, 3.8) is 0 Å². The van der Waals surface area contributed by atoms with Crippen LogP contribution < -0.4 is 5.32 Å². The Hall–Kier alpha value is -3.28. The van der Waals surface area contributed by atoms with E-state index in [-0.39, 0.29) is 40.8 Å². The van der Waals surface area contributed by atoms with Crippen molar-refractivity contribution in [1.29, 1.82) is 0 Å². The molecule has 12 heteroatoms. The van der Waals surface area contributed by atoms with Gasteiger partial charge in [-0.3, -0.25) is 9.48 Å². The summed E-state index contributed by atoms with van der Waals surface area (Å²) >= 11 is 3.35. The molecule has 1 aromatic carbocycles. The van der Waals surface area contributed by atoms with Crippen LogP contribution in [0.1, 0.15) is 41.3 Å². The number of nitrogens with one attached hydrogen (secondary N) is 1. The third kappa shape index (κ3) is 4.93. The van der Waals surface area contributed by atoms with Crippen molar-refractivity contribution < 1.29 is 22.4 Å². The van der Waals surface area contributed by atoms with Crippen LogP contribution in [-0.2, 0) is 24.1 Å². The summed E-state index contributed by atoms with van der Waals surface area (Å²) < 4.78 is 57.7. The Bertz CT molecular complexity index is 1420. The highest BCUT2D eigenvalue weighted by Crippen LogP contribution is 2.43. The fourth-order valence-corrected chi connectivity index (χ4v) is 4.36. The fraction of sp³-hybridized carbons (Fsp3) is 0.304. The Morgan fingerprint density at radius 2 is 1.91 bits per heavy atom. The number of nitrogens with zero attached hydrogens (tertiary/aromatic N) is 5. The Morgan fingerprint density at radius 1 is 1.20 bits per heavy atom. The highest BCUT2D eigenvalue weighted by molar-refractivity contribution is 9.10. The van der Waals surface area contributed by atoms with Gasteiger partial charge in [0.15, 0.2) is 11.5 Å². The Kier molecular flexibility index (Phi) is 5.86. The van der Waals surface area contributed by atoms with Crippen LogP contribution in [0.3, 0.4) is 0 Å². The smallest absolute Gasteiger partial charge is 0.307 e. The van der Waals surface area contributed by atoms with Gasteiger partial charge in [0, 0.05) is 17.8 Å². The van der Waals surface area contributed by atoms with Crippen molar-refractivity contribution >= 4 is 38.7 Å². The van der Waals surface area contributed by atoms with E-state index in [1.165, 1.54) is 23.7 Å². The van der Waals surface area contributed by atoms with Gasteiger partial charge >= 0.3 is 6.18 Å². The van der Waals surface area contributed by atoms with E-state index in [9.17, 15) is 22.4 Å². The summed E-state index contributed by atoms with van der Waals surface area (Å²) in [4.78, 5) is 17.2. The molecule has 1 saturated carbocycles. The minimum atomic E-state index is -4.56. The average molecular weight is 551 g/mol. The number of alkyl halides is 3. The molecule has 0 atom stereocenters. The zero-order valence-corrected chi connectivity index (χ0v) is 20.0. The number of fused-ring (bicyclic) bond motifs is 1. The summed E-state index contributed by atoms with van der Waals surface area (Å²) in [6.07, 6.45) is -1.32. The predicted octanol–water partition coefficient (Wildman–Crippen LogP) is 5.42. The number of hydrogen-bond donors (Lipinski definition) is 1. The number of amides is 1. The number of benzene rings is 1. The highest BCUT2D eigenvalue weighted by atomic mass is 79.9. The molecule has 182 valence electrons. The third-order valence-corrected chi connectivity index (χ3v) is 6.30. The summed E-state index contributed by atoms with van der Waals surface area (Å²) in [5.74, 6) is -0.618. The first-order valence-electron chi connectivity index (χ1n) is 10.8. The van der Waals surface area contributed by atoms with E-state index >= 15 is 0 Å². The minimum Gasteiger partial charge on any atom is -0.307 e. The SMILES string of the molecule is Cc1nn(CC(=O)Nc2nn(Cc3ccc(F)cc3)cc2Br)c2nc(C3CC3)cc(C(F)(F)F)c12. The molecule has 7 nitrogen and oxygen atoms in total. The first kappa shape index (κ1) is 23.5.